The molecule has 1 aromatic carbocycles. The van der Waals surface area contributed by atoms with Gasteiger partial charge in [0, 0.05) is 25.7 Å². The molecule has 0 spiro atoms. The smallest absolute Gasteiger partial charge is 0.241 e. The first-order valence-electron chi connectivity index (χ1n) is 14.0. The monoisotopic (exact) mass is 583 g/mol. The van der Waals surface area contributed by atoms with Crippen LogP contribution in [0.25, 0.3) is 0 Å². The van der Waals surface area contributed by atoms with Gasteiger partial charge in [0.2, 0.25) is 11.8 Å². The Labute approximate surface area is 243 Å². The van der Waals surface area contributed by atoms with E-state index < -0.39 is 76.1 Å². The molecule has 3 aliphatic carbocycles. The van der Waals surface area contributed by atoms with Gasteiger partial charge in [-0.2, -0.15) is 0 Å². The molecule has 4 aliphatic rings. The fraction of sp³-hybridized carbons (Fsp3) is 0.586. The van der Waals surface area contributed by atoms with Gasteiger partial charge < -0.3 is 26.2 Å². The molecular formula is C29H37N5O8. The fourth-order valence-electron chi connectivity index (χ4n) is 7.60. The number of nitrogens with zero attached hydrogens (tertiary/aromatic N) is 3. The van der Waals surface area contributed by atoms with Gasteiger partial charge in [-0.05, 0) is 70.9 Å². The molecule has 226 valence electrons. The lowest BCUT2D eigenvalue weighted by Crippen LogP contribution is -2.74. The van der Waals surface area contributed by atoms with Crippen LogP contribution in [0.15, 0.2) is 6.07 Å². The van der Waals surface area contributed by atoms with E-state index in [1.807, 2.05) is 11.9 Å². The second kappa shape index (κ2) is 10.2. The van der Waals surface area contributed by atoms with E-state index in [1.165, 1.54) is 19.0 Å². The molecule has 3 fully saturated rings. The molecule has 0 bridgehead atoms. The predicted octanol–water partition coefficient (Wildman–Crippen LogP) is -1.03. The van der Waals surface area contributed by atoms with Crippen molar-refractivity contribution in [3.05, 3.63) is 17.2 Å². The highest BCUT2D eigenvalue weighted by Crippen LogP contribution is 2.52. The lowest BCUT2D eigenvalue weighted by atomic mass is 9.52. The summed E-state index contributed by atoms with van der Waals surface area (Å²) in [6, 6.07) is 0.0144. The number of likely N-dealkylation sites (tertiary alicyclic amines) is 1. The summed E-state index contributed by atoms with van der Waals surface area (Å²) in [5.41, 5.74) is 3.43. The van der Waals surface area contributed by atoms with Gasteiger partial charge in [-0.25, -0.2) is 0 Å². The fourth-order valence-corrected chi connectivity index (χ4v) is 7.60. The maximum atomic E-state index is 14.1. The number of likely N-dealkylation sites (N-methyl/N-ethyl adjacent to an activating group) is 2. The van der Waals surface area contributed by atoms with E-state index in [9.17, 15) is 39.0 Å². The van der Waals surface area contributed by atoms with Crippen molar-refractivity contribution in [2.75, 3.05) is 52.0 Å². The van der Waals surface area contributed by atoms with E-state index in [4.69, 9.17) is 5.73 Å². The van der Waals surface area contributed by atoms with Crippen molar-refractivity contribution in [3.8, 4) is 5.75 Å². The zero-order chi connectivity index (χ0) is 31.0. The van der Waals surface area contributed by atoms with Crippen molar-refractivity contribution in [1.82, 2.24) is 9.80 Å². The number of aliphatic hydroxyl groups is 1. The Morgan fingerprint density at radius 1 is 1.12 bits per heavy atom. The molecule has 1 saturated heterocycles. The summed E-state index contributed by atoms with van der Waals surface area (Å²) < 4.78 is 0. The minimum Gasteiger partial charge on any atom is -0.505 e. The minimum absolute atomic E-state index is 0.00944. The average molecular weight is 584 g/mol. The van der Waals surface area contributed by atoms with Crippen molar-refractivity contribution in [2.24, 2.45) is 29.4 Å². The molecule has 0 aromatic heterocycles. The molecular weight excluding hydrogens is 546 g/mol. The third-order valence-corrected chi connectivity index (χ3v) is 9.60. The van der Waals surface area contributed by atoms with Crippen molar-refractivity contribution < 1.29 is 39.0 Å². The number of Topliss-reactive ketones (excluding diaryl/α,β-unsaturated/α-hetero) is 4. The summed E-state index contributed by atoms with van der Waals surface area (Å²) in [5.74, 6) is -11.6. The van der Waals surface area contributed by atoms with Crippen LogP contribution in [0.2, 0.25) is 0 Å². The van der Waals surface area contributed by atoms with Crippen LogP contribution in [0, 0.1) is 23.7 Å². The summed E-state index contributed by atoms with van der Waals surface area (Å²) in [5, 5.41) is 25.8. The SMILES string of the molecule is CN(C)c1cc(NC(=O)[C@@H]2CCCN2C)c(O)c2c1C[C@H]1C[C@H]3[C@H](N(C)C)C(=O)C(C(N)=O)C(=O)[C@@]3(O)C(=O)C1C2=O. The number of benzene rings is 1. The number of carbonyl (C=O) groups excluding carboxylic acids is 6. The van der Waals surface area contributed by atoms with Crippen LogP contribution in [0.1, 0.15) is 35.2 Å². The van der Waals surface area contributed by atoms with E-state index >= 15 is 0 Å². The summed E-state index contributed by atoms with van der Waals surface area (Å²) in [6.07, 6.45) is 1.58. The highest BCUT2D eigenvalue weighted by atomic mass is 16.3. The lowest BCUT2D eigenvalue weighted by Gasteiger charge is -2.52. The van der Waals surface area contributed by atoms with Gasteiger partial charge in [-0.15, -0.1) is 0 Å². The summed E-state index contributed by atoms with van der Waals surface area (Å²) in [7, 11) is 8.39. The molecule has 1 aliphatic heterocycles. The highest BCUT2D eigenvalue weighted by molar-refractivity contribution is 6.32. The number of rotatable bonds is 5. The summed E-state index contributed by atoms with van der Waals surface area (Å²) in [6.45, 7) is 0.750. The van der Waals surface area contributed by atoms with Crippen LogP contribution in [0.3, 0.4) is 0 Å². The number of primary amides is 1. The van der Waals surface area contributed by atoms with Gasteiger partial charge in [0.1, 0.15) is 5.75 Å². The number of nitrogens with two attached hydrogens (primary N) is 1. The lowest BCUT2D eigenvalue weighted by molar-refractivity contribution is -0.181. The quantitative estimate of drug-likeness (QED) is 0.245. The molecule has 2 saturated carbocycles. The van der Waals surface area contributed by atoms with Gasteiger partial charge in [-0.3, -0.25) is 38.6 Å². The number of phenolic OH excluding ortho intramolecular Hbond substituents is 1. The second-order valence-corrected chi connectivity index (χ2v) is 12.5. The van der Waals surface area contributed by atoms with Crippen LogP contribution in [-0.4, -0.2) is 114 Å². The maximum Gasteiger partial charge on any atom is 0.241 e. The molecule has 13 heteroatoms. The normalized spacial score (nSPS) is 32.8. The standard InChI is InChI=1S/C29H37N5O8/c1-32(2)17-11-15(31-28(41)16-7-6-8-34(16)5)22(35)19-13(17)9-12-10-14-21(33(3)4)24(37)20(27(30)40)26(39)29(14,42)25(38)18(12)23(19)36/h11-12,14,16,18,20-21,35,42H,6-10H2,1-5H3,(H2,30,40)(H,31,41)/t12-,14-,16-,18?,20?,21-,29-/m0/s1. The second-order valence-electron chi connectivity index (χ2n) is 12.5. The van der Waals surface area contributed by atoms with Gasteiger partial charge >= 0.3 is 0 Å². The first-order valence-corrected chi connectivity index (χ1v) is 14.0. The van der Waals surface area contributed by atoms with Crippen molar-refractivity contribution in [3.63, 3.8) is 0 Å². The molecule has 5 N–H and O–H groups in total. The molecule has 5 rings (SSSR count). The summed E-state index contributed by atoms with van der Waals surface area (Å²) >= 11 is 0. The Morgan fingerprint density at radius 2 is 1.79 bits per heavy atom. The highest BCUT2D eigenvalue weighted by Gasteiger charge is 2.69. The first-order chi connectivity index (χ1) is 19.6. The van der Waals surface area contributed by atoms with Gasteiger partial charge in [0.15, 0.2) is 34.7 Å². The third kappa shape index (κ3) is 4.16. The van der Waals surface area contributed by atoms with E-state index in [0.717, 1.165) is 13.0 Å². The van der Waals surface area contributed by atoms with Crippen molar-refractivity contribution in [2.45, 2.75) is 43.4 Å². The molecule has 0 radical (unpaired) electrons. The number of phenols is 1. The Morgan fingerprint density at radius 3 is 2.33 bits per heavy atom. The van der Waals surface area contributed by atoms with Crippen LogP contribution in [0.4, 0.5) is 11.4 Å². The van der Waals surface area contributed by atoms with Crippen LogP contribution < -0.4 is 16.0 Å². The number of carbonyl (C=O) groups is 6. The molecule has 42 heavy (non-hydrogen) atoms. The zero-order valence-corrected chi connectivity index (χ0v) is 24.3. The maximum absolute atomic E-state index is 14.1. The molecule has 1 heterocycles. The number of aromatic hydroxyl groups is 1. The first kappa shape index (κ1) is 29.8. The number of amides is 2. The van der Waals surface area contributed by atoms with Gasteiger partial charge in [0.25, 0.3) is 0 Å². The summed E-state index contributed by atoms with van der Waals surface area (Å²) in [4.78, 5) is 85.2. The van der Waals surface area contributed by atoms with Crippen LogP contribution in [-0.2, 0) is 30.4 Å². The average Bonchev–Trinajstić information content (AvgIpc) is 3.33. The number of nitrogens with one attached hydrogen (secondary N) is 1. The molecule has 13 nitrogen and oxygen atoms in total. The number of fused-ring (bicyclic) bond motifs is 3. The Balaban J connectivity index is 1.60. The number of hydrogen-bond donors (Lipinski definition) is 4. The minimum atomic E-state index is -2.80. The molecule has 7 atom stereocenters. The largest absolute Gasteiger partial charge is 0.505 e. The third-order valence-electron chi connectivity index (χ3n) is 9.60. The van der Waals surface area contributed by atoms with E-state index in [0.29, 0.717) is 17.7 Å². The number of anilines is 2. The van der Waals surface area contributed by atoms with Gasteiger partial charge in [0.05, 0.1) is 29.3 Å². The van der Waals surface area contributed by atoms with E-state index in [-0.39, 0.29) is 30.0 Å². The van der Waals surface area contributed by atoms with E-state index in [2.05, 4.69) is 5.32 Å². The topological polar surface area (TPSA) is 191 Å². The number of ketones is 4. The van der Waals surface area contributed by atoms with Crippen LogP contribution >= 0.6 is 0 Å². The van der Waals surface area contributed by atoms with Gasteiger partial charge in [-0.1, -0.05) is 0 Å². The molecule has 2 unspecified atom stereocenters. The Kier molecular flexibility index (Phi) is 7.27. The van der Waals surface area contributed by atoms with E-state index in [1.54, 1.807) is 25.1 Å². The number of hydrogen-bond acceptors (Lipinski definition) is 11. The van der Waals surface area contributed by atoms with Crippen molar-refractivity contribution >= 4 is 46.3 Å². The molecule has 1 aromatic rings. The predicted molar refractivity (Wildman–Crippen MR) is 150 cm³/mol. The Hall–Kier alpha value is -3.68. The molecule has 2 amide bonds. The zero-order valence-electron chi connectivity index (χ0n) is 24.3. The van der Waals surface area contributed by atoms with Crippen LogP contribution in [0.5, 0.6) is 5.75 Å². The Bertz CT molecular complexity index is 1420. The van der Waals surface area contributed by atoms with Crippen molar-refractivity contribution in [1.29, 1.82) is 0 Å².